The Labute approximate surface area is 270 Å². The second-order valence-electron chi connectivity index (χ2n) is 10.6. The molecule has 3 aliphatic heterocycles. The number of fused-ring (bicyclic) bond motifs is 3. The first-order chi connectivity index (χ1) is 21.5. The maximum absolute atomic E-state index is 12.0. The second kappa shape index (κ2) is 23.7. The number of carboxylic acid groups (broad SMARTS) is 1. The Morgan fingerprint density at radius 2 is 1.56 bits per heavy atom. The molecule has 2 bridgehead atoms. The van der Waals surface area contributed by atoms with Crippen molar-refractivity contribution in [3.8, 4) is 0 Å². The third-order valence-electron chi connectivity index (χ3n) is 6.67. The Hall–Kier alpha value is -2.60. The van der Waals surface area contributed by atoms with Crippen molar-refractivity contribution in [2.24, 2.45) is 5.92 Å². The van der Waals surface area contributed by atoms with Crippen molar-refractivity contribution in [1.29, 1.82) is 0 Å². The molecule has 0 aromatic heterocycles. The SMILES string of the molecule is CC.CC.CCC.CO[C@H]1C=C/C=C/C=C/C=C/C[C@@H](C)OC(=O)/C=C/[C@H]2O[C@@H]2C[C@H](O)C[C@]2(O)C[C@H](O)[C@@H](C(=O)O)[C@H](C1)O2. The number of aliphatic hydroxyl groups excluding tert-OH is 2. The van der Waals surface area contributed by atoms with Crippen LogP contribution in [0.4, 0.5) is 0 Å². The molecule has 0 saturated carbocycles. The first-order valence-corrected chi connectivity index (χ1v) is 16.2. The lowest BCUT2D eigenvalue weighted by atomic mass is 9.83. The summed E-state index contributed by atoms with van der Waals surface area (Å²) in [5.74, 6) is -4.95. The van der Waals surface area contributed by atoms with E-state index in [1.54, 1.807) is 37.3 Å². The summed E-state index contributed by atoms with van der Waals surface area (Å²) in [6, 6.07) is 0. The van der Waals surface area contributed by atoms with Gasteiger partial charge in [0.05, 0.1) is 30.5 Å². The number of carbonyl (C=O) groups excluding carboxylic acids is 1. The van der Waals surface area contributed by atoms with E-state index in [0.717, 1.165) is 0 Å². The van der Waals surface area contributed by atoms with Crippen LogP contribution in [0.2, 0.25) is 0 Å². The zero-order valence-corrected chi connectivity index (χ0v) is 28.4. The zero-order valence-electron chi connectivity index (χ0n) is 28.4. The van der Waals surface area contributed by atoms with E-state index in [1.165, 1.54) is 19.6 Å². The number of allylic oxidation sites excluding steroid dienone is 6. The van der Waals surface area contributed by atoms with Crippen molar-refractivity contribution in [2.75, 3.05) is 7.11 Å². The highest BCUT2D eigenvalue weighted by Gasteiger charge is 2.50. The molecule has 2 fully saturated rings. The van der Waals surface area contributed by atoms with Gasteiger partial charge < -0.3 is 39.4 Å². The Morgan fingerprint density at radius 3 is 2.16 bits per heavy atom. The summed E-state index contributed by atoms with van der Waals surface area (Å²) < 4.78 is 22.1. The number of aliphatic hydroxyl groups is 3. The van der Waals surface area contributed by atoms with E-state index in [2.05, 4.69) is 13.8 Å². The second-order valence-corrected chi connectivity index (χ2v) is 10.6. The minimum Gasteiger partial charge on any atom is -0.481 e. The molecule has 0 spiro atoms. The topological polar surface area (TPSA) is 155 Å². The lowest BCUT2D eigenvalue weighted by Crippen LogP contribution is -2.56. The van der Waals surface area contributed by atoms with Gasteiger partial charge in [-0.3, -0.25) is 4.79 Å². The average molecular weight is 639 g/mol. The summed E-state index contributed by atoms with van der Waals surface area (Å²) in [5, 5.41) is 42.0. The molecule has 3 rings (SSSR count). The van der Waals surface area contributed by atoms with Gasteiger partial charge in [-0.1, -0.05) is 96.6 Å². The molecule has 45 heavy (non-hydrogen) atoms. The maximum atomic E-state index is 12.0. The third-order valence-corrected chi connectivity index (χ3v) is 6.67. The van der Waals surface area contributed by atoms with Gasteiger partial charge in [0, 0.05) is 45.3 Å². The number of hydrogen-bond acceptors (Lipinski definition) is 9. The predicted molar refractivity (Wildman–Crippen MR) is 175 cm³/mol. The van der Waals surface area contributed by atoms with Gasteiger partial charge in [0.15, 0.2) is 5.79 Å². The van der Waals surface area contributed by atoms with E-state index in [-0.39, 0.29) is 44.0 Å². The smallest absolute Gasteiger partial charge is 0.330 e. The molecule has 0 unspecified atom stereocenters. The van der Waals surface area contributed by atoms with Gasteiger partial charge in [-0.2, -0.15) is 0 Å². The zero-order chi connectivity index (χ0) is 34.4. The quantitative estimate of drug-likeness (QED) is 0.227. The molecular weight excluding hydrogens is 580 g/mol. The maximum Gasteiger partial charge on any atom is 0.330 e. The molecule has 0 amide bonds. The summed E-state index contributed by atoms with van der Waals surface area (Å²) in [6.07, 6.45) is 13.6. The minimum atomic E-state index is -1.94. The number of epoxide rings is 1. The van der Waals surface area contributed by atoms with E-state index in [4.69, 9.17) is 18.9 Å². The summed E-state index contributed by atoms with van der Waals surface area (Å²) in [4.78, 5) is 23.9. The molecule has 4 N–H and O–H groups in total. The van der Waals surface area contributed by atoms with Gasteiger partial charge in [0.1, 0.15) is 18.1 Å². The molecular formula is C35H58O10. The summed E-state index contributed by atoms with van der Waals surface area (Å²) in [5.41, 5.74) is 0. The molecule has 258 valence electrons. The third kappa shape index (κ3) is 17.0. The first-order valence-electron chi connectivity index (χ1n) is 16.2. The highest BCUT2D eigenvalue weighted by molar-refractivity contribution is 5.82. The van der Waals surface area contributed by atoms with Crippen LogP contribution in [0.15, 0.2) is 60.8 Å². The lowest BCUT2D eigenvalue weighted by molar-refractivity contribution is -0.300. The summed E-state index contributed by atoms with van der Waals surface area (Å²) in [7, 11) is 1.47. The molecule has 10 nitrogen and oxygen atoms in total. The number of cyclic esters (lactones) is 1. The molecule has 3 aliphatic rings. The molecule has 9 atom stereocenters. The van der Waals surface area contributed by atoms with Crippen molar-refractivity contribution < 1.29 is 49.0 Å². The Balaban J connectivity index is 0.00000256. The number of aliphatic carboxylic acids is 1. The van der Waals surface area contributed by atoms with Gasteiger partial charge in [0.25, 0.3) is 0 Å². The fraction of sp³-hybridized carbons (Fsp3) is 0.657. The molecule has 3 heterocycles. The van der Waals surface area contributed by atoms with Crippen LogP contribution in [0.3, 0.4) is 0 Å². The number of carboxylic acids is 1. The lowest BCUT2D eigenvalue weighted by Gasteiger charge is -2.44. The molecule has 0 radical (unpaired) electrons. The number of esters is 1. The Bertz CT molecular complexity index is 971. The Morgan fingerprint density at radius 1 is 0.956 bits per heavy atom. The molecule has 10 heteroatoms. The normalized spacial score (nSPS) is 36.6. The number of hydrogen-bond donors (Lipinski definition) is 4. The summed E-state index contributed by atoms with van der Waals surface area (Å²) in [6.45, 7) is 14.0. The van der Waals surface area contributed by atoms with E-state index >= 15 is 0 Å². The fourth-order valence-electron chi connectivity index (χ4n) is 4.72. The van der Waals surface area contributed by atoms with E-state index in [1.807, 2.05) is 52.0 Å². The van der Waals surface area contributed by atoms with Gasteiger partial charge >= 0.3 is 11.9 Å². The molecule has 2 saturated heterocycles. The molecule has 0 aliphatic carbocycles. The van der Waals surface area contributed by atoms with Crippen LogP contribution in [0.5, 0.6) is 0 Å². The Kier molecular flexibility index (Phi) is 22.3. The standard InChI is InChI=1S/C28H38O10.C3H8.2C2H6/c1-18-10-8-6-4-3-5-7-9-11-20(35-2)15-24-26(27(32)33)21(30)17-28(34,38-24)16-19(29)14-23-22(37-23)12-13-25(31)36-18;1-3-2;2*1-2/h3-9,11-13,18-24,26,29-30,34H,10,14-17H2,1-2H3,(H,32,33);3H2,1-2H3;2*1-2H3/b4-3+,7-5+,8-6+,11-9?,13-12+;;;/t18-,19+,20+,21+,22-,23-,24+,26-,28-;;;/m1.../s1. The van der Waals surface area contributed by atoms with Gasteiger partial charge in [-0.25, -0.2) is 4.79 Å². The van der Waals surface area contributed by atoms with E-state index in [0.29, 0.717) is 6.42 Å². The van der Waals surface area contributed by atoms with Crippen LogP contribution >= 0.6 is 0 Å². The number of ether oxygens (including phenoxy) is 4. The minimum absolute atomic E-state index is 0.0682. The number of rotatable bonds is 2. The van der Waals surface area contributed by atoms with Gasteiger partial charge in [-0.15, -0.1) is 0 Å². The van der Waals surface area contributed by atoms with Crippen molar-refractivity contribution in [3.05, 3.63) is 60.8 Å². The van der Waals surface area contributed by atoms with E-state index in [9.17, 15) is 30.0 Å². The average Bonchev–Trinajstić information content (AvgIpc) is 3.72. The van der Waals surface area contributed by atoms with Gasteiger partial charge in [0.2, 0.25) is 0 Å². The van der Waals surface area contributed by atoms with Crippen LogP contribution in [-0.4, -0.2) is 88.0 Å². The van der Waals surface area contributed by atoms with E-state index < -0.39 is 48.1 Å². The van der Waals surface area contributed by atoms with Crippen LogP contribution in [0.25, 0.3) is 0 Å². The number of carbonyl (C=O) groups is 2. The molecule has 0 aromatic rings. The van der Waals surface area contributed by atoms with Crippen LogP contribution in [0, 0.1) is 5.92 Å². The van der Waals surface area contributed by atoms with Crippen molar-refractivity contribution in [2.45, 2.75) is 136 Å². The van der Waals surface area contributed by atoms with Crippen molar-refractivity contribution in [1.82, 2.24) is 0 Å². The monoisotopic (exact) mass is 638 g/mol. The molecule has 0 aromatic carbocycles. The van der Waals surface area contributed by atoms with Gasteiger partial charge in [-0.05, 0) is 13.0 Å². The van der Waals surface area contributed by atoms with Crippen molar-refractivity contribution >= 4 is 11.9 Å². The highest BCUT2D eigenvalue weighted by Crippen LogP contribution is 2.38. The number of methoxy groups -OCH3 is 1. The van der Waals surface area contributed by atoms with Crippen molar-refractivity contribution in [3.63, 3.8) is 0 Å². The predicted octanol–water partition coefficient (Wildman–Crippen LogP) is 5.42. The summed E-state index contributed by atoms with van der Waals surface area (Å²) >= 11 is 0. The van der Waals surface area contributed by atoms with Crippen LogP contribution in [-0.2, 0) is 28.5 Å². The largest absolute Gasteiger partial charge is 0.481 e. The van der Waals surface area contributed by atoms with Crippen LogP contribution < -0.4 is 0 Å². The first kappa shape index (κ1) is 42.4. The highest BCUT2D eigenvalue weighted by atomic mass is 16.6. The van der Waals surface area contributed by atoms with Crippen LogP contribution in [0.1, 0.15) is 87.0 Å². The fourth-order valence-corrected chi connectivity index (χ4v) is 4.72.